The molecule has 4 nitrogen and oxygen atoms in total. The number of phenols is 1. The van der Waals surface area contributed by atoms with E-state index in [0.29, 0.717) is 12.2 Å². The van der Waals surface area contributed by atoms with Crippen LogP contribution >= 0.6 is 0 Å². The Kier molecular flexibility index (Phi) is 2.96. The molecule has 2 rings (SSSR count). The van der Waals surface area contributed by atoms with Gasteiger partial charge in [0.1, 0.15) is 5.75 Å². The molecule has 92 valence electrons. The molecule has 0 aliphatic carbocycles. The number of carboxylic acid groups (broad SMARTS) is 1. The van der Waals surface area contributed by atoms with Crippen molar-refractivity contribution in [2.45, 2.75) is 25.8 Å². The summed E-state index contributed by atoms with van der Waals surface area (Å²) in [5, 5.41) is 18.7. The predicted octanol–water partition coefficient (Wildman–Crippen LogP) is 1.86. The van der Waals surface area contributed by atoms with Crippen LogP contribution in [0.2, 0.25) is 0 Å². The van der Waals surface area contributed by atoms with Gasteiger partial charge in [-0.1, -0.05) is 13.0 Å². The highest BCUT2D eigenvalue weighted by molar-refractivity contribution is 5.70. The normalized spacial score (nSPS) is 20.1. The average molecular weight is 235 g/mol. The fourth-order valence-electron chi connectivity index (χ4n) is 2.42. The first kappa shape index (κ1) is 11.8. The van der Waals surface area contributed by atoms with E-state index in [1.165, 1.54) is 0 Å². The number of likely N-dealkylation sites (N-methyl/N-ethyl adjacent to an activating group) is 1. The number of fused-ring (bicyclic) bond motifs is 1. The van der Waals surface area contributed by atoms with E-state index < -0.39 is 5.97 Å². The van der Waals surface area contributed by atoms with Crippen LogP contribution in [0.5, 0.6) is 5.75 Å². The molecule has 2 N–H and O–H groups in total. The predicted molar refractivity (Wildman–Crippen MR) is 65.4 cm³/mol. The Labute approximate surface area is 100 Å². The van der Waals surface area contributed by atoms with Gasteiger partial charge >= 0.3 is 5.97 Å². The molecule has 0 saturated heterocycles. The van der Waals surface area contributed by atoms with Gasteiger partial charge in [-0.15, -0.1) is 0 Å². The molecule has 17 heavy (non-hydrogen) atoms. The minimum absolute atomic E-state index is 0.157. The van der Waals surface area contributed by atoms with Crippen LogP contribution in [0.3, 0.4) is 0 Å². The van der Waals surface area contributed by atoms with Gasteiger partial charge in [0.15, 0.2) is 0 Å². The minimum Gasteiger partial charge on any atom is -0.508 e. The summed E-state index contributed by atoms with van der Waals surface area (Å²) in [6.45, 7) is 1.72. The number of carboxylic acids is 1. The Morgan fingerprint density at radius 1 is 1.59 bits per heavy atom. The number of rotatable bonds is 3. The first-order chi connectivity index (χ1) is 8.00. The average Bonchev–Trinajstić information content (AvgIpc) is 2.58. The second-order valence-electron chi connectivity index (χ2n) is 4.72. The maximum atomic E-state index is 10.9. The fraction of sp³-hybridized carbons (Fsp3) is 0.462. The van der Waals surface area contributed by atoms with E-state index in [9.17, 15) is 9.90 Å². The highest BCUT2D eigenvalue weighted by atomic mass is 16.4. The molecular weight excluding hydrogens is 218 g/mol. The molecule has 0 radical (unpaired) electrons. The lowest BCUT2D eigenvalue weighted by Gasteiger charge is -2.23. The molecular formula is C13H17NO3. The quantitative estimate of drug-likeness (QED) is 0.839. The molecule has 0 aromatic heterocycles. The Bertz CT molecular complexity index is 444. The molecule has 1 heterocycles. The van der Waals surface area contributed by atoms with E-state index in [-0.39, 0.29) is 12.0 Å². The van der Waals surface area contributed by atoms with Crippen molar-refractivity contribution in [3.8, 4) is 5.75 Å². The summed E-state index contributed by atoms with van der Waals surface area (Å²) in [6, 6.07) is 5.61. The van der Waals surface area contributed by atoms with E-state index >= 15 is 0 Å². The van der Waals surface area contributed by atoms with Gasteiger partial charge in [-0.3, -0.25) is 4.79 Å². The molecule has 1 aliphatic heterocycles. The molecule has 2 atom stereocenters. The smallest absolute Gasteiger partial charge is 0.306 e. The maximum absolute atomic E-state index is 10.9. The van der Waals surface area contributed by atoms with Crippen LogP contribution in [-0.4, -0.2) is 29.3 Å². The van der Waals surface area contributed by atoms with Gasteiger partial charge in [-0.2, -0.15) is 0 Å². The van der Waals surface area contributed by atoms with Gasteiger partial charge in [0, 0.05) is 24.3 Å². The van der Waals surface area contributed by atoms with Crippen molar-refractivity contribution in [3.63, 3.8) is 0 Å². The van der Waals surface area contributed by atoms with E-state index in [1.54, 1.807) is 13.0 Å². The molecule has 0 spiro atoms. The monoisotopic (exact) mass is 235 g/mol. The third kappa shape index (κ3) is 2.07. The second-order valence-corrected chi connectivity index (χ2v) is 4.72. The van der Waals surface area contributed by atoms with E-state index in [0.717, 1.165) is 17.7 Å². The molecule has 0 amide bonds. The van der Waals surface area contributed by atoms with E-state index in [1.807, 2.05) is 19.2 Å². The van der Waals surface area contributed by atoms with Crippen molar-refractivity contribution in [3.05, 3.63) is 23.8 Å². The Balaban J connectivity index is 2.17. The number of carbonyl (C=O) groups is 1. The van der Waals surface area contributed by atoms with Crippen molar-refractivity contribution < 1.29 is 15.0 Å². The van der Waals surface area contributed by atoms with Crippen molar-refractivity contribution in [1.29, 1.82) is 0 Å². The molecule has 2 unspecified atom stereocenters. The largest absolute Gasteiger partial charge is 0.508 e. The zero-order chi connectivity index (χ0) is 12.6. The van der Waals surface area contributed by atoms with Gasteiger partial charge in [-0.05, 0) is 25.0 Å². The highest BCUT2D eigenvalue weighted by Crippen LogP contribution is 2.38. The van der Waals surface area contributed by atoms with Gasteiger partial charge in [0.05, 0.1) is 5.92 Å². The molecule has 0 saturated carbocycles. The van der Waals surface area contributed by atoms with Crippen LogP contribution in [0.25, 0.3) is 0 Å². The Hall–Kier alpha value is -1.71. The van der Waals surface area contributed by atoms with Crippen LogP contribution in [0.15, 0.2) is 18.2 Å². The van der Waals surface area contributed by atoms with Gasteiger partial charge < -0.3 is 15.1 Å². The van der Waals surface area contributed by atoms with Crippen LogP contribution in [0.4, 0.5) is 5.69 Å². The Morgan fingerprint density at radius 2 is 2.29 bits per heavy atom. The van der Waals surface area contributed by atoms with E-state index in [2.05, 4.69) is 4.90 Å². The zero-order valence-corrected chi connectivity index (χ0v) is 10.1. The lowest BCUT2D eigenvalue weighted by molar-refractivity contribution is -0.141. The number of aliphatic carboxylic acids is 1. The number of benzene rings is 1. The third-order valence-corrected chi connectivity index (χ3v) is 3.54. The number of anilines is 1. The summed E-state index contributed by atoms with van der Waals surface area (Å²) in [5.41, 5.74) is 1.94. The lowest BCUT2D eigenvalue weighted by Crippen LogP contribution is -2.31. The summed E-state index contributed by atoms with van der Waals surface area (Å²) in [6.07, 6.45) is 1.32. The summed E-state index contributed by atoms with van der Waals surface area (Å²) >= 11 is 0. The zero-order valence-electron chi connectivity index (χ0n) is 10.1. The van der Waals surface area contributed by atoms with E-state index in [4.69, 9.17) is 5.11 Å². The second kappa shape index (κ2) is 4.28. The minimum atomic E-state index is -0.765. The topological polar surface area (TPSA) is 60.8 Å². The Morgan fingerprint density at radius 3 is 2.88 bits per heavy atom. The number of aromatic hydroxyl groups is 1. The third-order valence-electron chi connectivity index (χ3n) is 3.54. The van der Waals surface area contributed by atoms with Crippen LogP contribution < -0.4 is 4.90 Å². The highest BCUT2D eigenvalue weighted by Gasteiger charge is 2.30. The molecule has 1 aliphatic rings. The van der Waals surface area contributed by atoms with Crippen molar-refractivity contribution in [2.75, 3.05) is 11.9 Å². The van der Waals surface area contributed by atoms with Crippen molar-refractivity contribution >= 4 is 11.7 Å². The molecule has 0 fully saturated rings. The van der Waals surface area contributed by atoms with Crippen molar-refractivity contribution in [1.82, 2.24) is 0 Å². The SMILES string of the molecule is CC(CC1Cc2c(O)cccc2N1C)C(=O)O. The van der Waals surface area contributed by atoms with Crippen LogP contribution in [-0.2, 0) is 11.2 Å². The molecule has 1 aromatic rings. The van der Waals surface area contributed by atoms with Gasteiger partial charge in [0.25, 0.3) is 0 Å². The maximum Gasteiger partial charge on any atom is 0.306 e. The van der Waals surface area contributed by atoms with Gasteiger partial charge in [0.2, 0.25) is 0 Å². The van der Waals surface area contributed by atoms with Crippen LogP contribution in [0, 0.1) is 5.92 Å². The summed E-state index contributed by atoms with van der Waals surface area (Å²) in [5.74, 6) is -0.822. The van der Waals surface area contributed by atoms with Crippen molar-refractivity contribution in [2.24, 2.45) is 5.92 Å². The number of hydrogen-bond acceptors (Lipinski definition) is 3. The summed E-state index contributed by atoms with van der Waals surface area (Å²) in [7, 11) is 1.95. The number of phenolic OH excluding ortho intramolecular Hbond substituents is 1. The standard InChI is InChI=1S/C13H17NO3/c1-8(13(16)17)6-9-7-10-11(14(9)2)4-3-5-12(10)15/h3-5,8-9,15H,6-7H2,1-2H3,(H,16,17). The lowest BCUT2D eigenvalue weighted by atomic mass is 9.99. The first-order valence-electron chi connectivity index (χ1n) is 5.77. The summed E-state index contributed by atoms with van der Waals surface area (Å²) in [4.78, 5) is 12.9. The number of hydrogen-bond donors (Lipinski definition) is 2. The summed E-state index contributed by atoms with van der Waals surface area (Å²) < 4.78 is 0. The number of nitrogens with zero attached hydrogens (tertiary/aromatic N) is 1. The molecule has 1 aromatic carbocycles. The molecule has 4 heteroatoms. The van der Waals surface area contributed by atoms with Gasteiger partial charge in [-0.25, -0.2) is 0 Å². The fourth-order valence-corrected chi connectivity index (χ4v) is 2.42. The van der Waals surface area contributed by atoms with Crippen LogP contribution in [0.1, 0.15) is 18.9 Å². The first-order valence-corrected chi connectivity index (χ1v) is 5.77. The molecule has 0 bridgehead atoms.